The molecule has 0 amide bonds. The van der Waals surface area contributed by atoms with Crippen LogP contribution < -0.4 is 10.1 Å². The van der Waals surface area contributed by atoms with Crippen molar-refractivity contribution in [3.63, 3.8) is 0 Å². The maximum atomic E-state index is 9.63. The zero-order valence-electron chi connectivity index (χ0n) is 11.1. The topological polar surface area (TPSA) is 54.4 Å². The lowest BCUT2D eigenvalue weighted by molar-refractivity contribution is 0.317. The minimum Gasteiger partial charge on any atom is -0.504 e. The Labute approximate surface area is 117 Å². The first-order valence-electron chi connectivity index (χ1n) is 6.25. The quantitative estimate of drug-likeness (QED) is 0.853. The predicted molar refractivity (Wildman–Crippen MR) is 76.7 cm³/mol. The van der Waals surface area contributed by atoms with Gasteiger partial charge < -0.3 is 15.2 Å². The third kappa shape index (κ3) is 3.68. The first kappa shape index (κ1) is 13.8. The van der Waals surface area contributed by atoms with E-state index >= 15 is 0 Å². The zero-order chi connectivity index (χ0) is 13.7. The van der Waals surface area contributed by atoms with Crippen LogP contribution in [-0.2, 0) is 13.1 Å². The number of nitrogens with zero attached hydrogens (tertiary/aromatic N) is 1. The number of aromatic nitrogens is 1. The van der Waals surface area contributed by atoms with Crippen LogP contribution >= 0.6 is 11.3 Å². The third-order valence-electron chi connectivity index (χ3n) is 2.78. The highest BCUT2D eigenvalue weighted by molar-refractivity contribution is 7.09. The van der Waals surface area contributed by atoms with Gasteiger partial charge in [0, 0.05) is 18.0 Å². The normalized spacial score (nSPS) is 10.6. The summed E-state index contributed by atoms with van der Waals surface area (Å²) >= 11 is 1.66. The van der Waals surface area contributed by atoms with Crippen molar-refractivity contribution in [2.24, 2.45) is 0 Å². The van der Waals surface area contributed by atoms with Gasteiger partial charge in [-0.3, -0.25) is 0 Å². The van der Waals surface area contributed by atoms with E-state index in [0.29, 0.717) is 12.4 Å². The number of rotatable bonds is 6. The van der Waals surface area contributed by atoms with Crippen LogP contribution in [-0.4, -0.2) is 16.7 Å². The minimum absolute atomic E-state index is 0.184. The molecular formula is C14H18N2O2S. The number of aromatic hydroxyl groups is 1. The molecule has 0 saturated carbocycles. The van der Waals surface area contributed by atoms with Crippen LogP contribution in [0.25, 0.3) is 0 Å². The molecule has 1 aromatic carbocycles. The van der Waals surface area contributed by atoms with Crippen LogP contribution in [0.15, 0.2) is 23.7 Å². The summed E-state index contributed by atoms with van der Waals surface area (Å²) < 4.78 is 5.36. The van der Waals surface area contributed by atoms with Crippen LogP contribution in [0.4, 0.5) is 0 Å². The van der Waals surface area contributed by atoms with E-state index in [1.807, 2.05) is 31.5 Å². The summed E-state index contributed by atoms with van der Waals surface area (Å²) in [5.74, 6) is 0.722. The van der Waals surface area contributed by atoms with Gasteiger partial charge in [-0.2, -0.15) is 0 Å². The Kier molecular flexibility index (Phi) is 4.76. The molecule has 0 unspecified atom stereocenters. The second kappa shape index (κ2) is 6.54. The summed E-state index contributed by atoms with van der Waals surface area (Å²) in [5, 5.41) is 13.0. The summed E-state index contributed by atoms with van der Waals surface area (Å²) in [4.78, 5) is 5.47. The van der Waals surface area contributed by atoms with E-state index in [4.69, 9.17) is 4.74 Å². The third-order valence-corrected chi connectivity index (χ3v) is 3.72. The fourth-order valence-corrected chi connectivity index (χ4v) is 2.50. The highest BCUT2D eigenvalue weighted by Crippen LogP contribution is 2.26. The van der Waals surface area contributed by atoms with Crippen molar-refractivity contribution in [1.82, 2.24) is 10.3 Å². The van der Waals surface area contributed by atoms with Crippen molar-refractivity contribution in [3.8, 4) is 11.5 Å². The standard InChI is InChI=1S/C14H18N2O2S/c1-3-18-13-6-11(4-5-12(13)17)7-15-8-14-10(2)16-9-19-14/h4-6,9,15,17H,3,7-8H2,1-2H3. The fraction of sp³-hybridized carbons (Fsp3) is 0.357. The molecule has 0 fully saturated rings. The highest BCUT2D eigenvalue weighted by atomic mass is 32.1. The summed E-state index contributed by atoms with van der Waals surface area (Å²) in [6.07, 6.45) is 0. The van der Waals surface area contributed by atoms with E-state index in [0.717, 1.165) is 24.3 Å². The lowest BCUT2D eigenvalue weighted by Gasteiger charge is -2.09. The number of phenols is 1. The Morgan fingerprint density at radius 1 is 1.37 bits per heavy atom. The van der Waals surface area contributed by atoms with E-state index in [1.165, 1.54) is 4.88 Å². The Balaban J connectivity index is 1.92. The van der Waals surface area contributed by atoms with Crippen molar-refractivity contribution in [3.05, 3.63) is 39.8 Å². The SMILES string of the molecule is CCOc1cc(CNCc2scnc2C)ccc1O. The number of nitrogens with one attached hydrogen (secondary N) is 1. The fourth-order valence-electron chi connectivity index (χ4n) is 1.76. The molecule has 0 atom stereocenters. The van der Waals surface area contributed by atoms with E-state index in [9.17, 15) is 5.11 Å². The number of ether oxygens (including phenoxy) is 1. The average Bonchev–Trinajstić information content (AvgIpc) is 2.79. The Hall–Kier alpha value is -1.59. The van der Waals surface area contributed by atoms with Gasteiger partial charge in [-0.1, -0.05) is 6.07 Å². The summed E-state index contributed by atoms with van der Waals surface area (Å²) in [7, 11) is 0. The van der Waals surface area contributed by atoms with Crippen molar-refractivity contribution < 1.29 is 9.84 Å². The maximum absolute atomic E-state index is 9.63. The summed E-state index contributed by atoms with van der Waals surface area (Å²) in [6.45, 7) is 6.00. The van der Waals surface area contributed by atoms with Gasteiger partial charge in [0.05, 0.1) is 17.8 Å². The van der Waals surface area contributed by atoms with Crippen LogP contribution in [0.5, 0.6) is 11.5 Å². The number of hydrogen-bond donors (Lipinski definition) is 2. The maximum Gasteiger partial charge on any atom is 0.161 e. The molecule has 0 bridgehead atoms. The van der Waals surface area contributed by atoms with Gasteiger partial charge in [0.1, 0.15) is 0 Å². The molecule has 5 heteroatoms. The molecular weight excluding hydrogens is 260 g/mol. The van der Waals surface area contributed by atoms with Crippen LogP contribution in [0.3, 0.4) is 0 Å². The molecule has 0 aliphatic rings. The van der Waals surface area contributed by atoms with Crippen LogP contribution in [0.1, 0.15) is 23.1 Å². The highest BCUT2D eigenvalue weighted by Gasteiger charge is 2.04. The molecule has 19 heavy (non-hydrogen) atoms. The Morgan fingerprint density at radius 3 is 2.89 bits per heavy atom. The van der Waals surface area contributed by atoms with Gasteiger partial charge in [-0.15, -0.1) is 11.3 Å². The molecule has 1 heterocycles. The van der Waals surface area contributed by atoms with Crippen molar-refractivity contribution in [2.75, 3.05) is 6.61 Å². The van der Waals surface area contributed by atoms with Crippen LogP contribution in [0, 0.1) is 6.92 Å². The zero-order valence-corrected chi connectivity index (χ0v) is 12.0. The molecule has 1 aromatic heterocycles. The second-order valence-corrected chi connectivity index (χ2v) is 5.14. The lowest BCUT2D eigenvalue weighted by atomic mass is 10.2. The molecule has 0 radical (unpaired) electrons. The molecule has 0 spiro atoms. The molecule has 0 aliphatic heterocycles. The summed E-state index contributed by atoms with van der Waals surface area (Å²) in [6, 6.07) is 5.43. The molecule has 0 aliphatic carbocycles. The van der Waals surface area contributed by atoms with E-state index in [-0.39, 0.29) is 5.75 Å². The Bertz CT molecular complexity index is 540. The largest absolute Gasteiger partial charge is 0.504 e. The summed E-state index contributed by atoms with van der Waals surface area (Å²) in [5.41, 5.74) is 4.03. The van der Waals surface area contributed by atoms with Gasteiger partial charge in [-0.05, 0) is 31.5 Å². The van der Waals surface area contributed by atoms with Gasteiger partial charge in [0.15, 0.2) is 11.5 Å². The number of phenolic OH excluding ortho intramolecular Hbond substituents is 1. The van der Waals surface area contributed by atoms with Crippen molar-refractivity contribution >= 4 is 11.3 Å². The van der Waals surface area contributed by atoms with E-state index in [1.54, 1.807) is 17.4 Å². The van der Waals surface area contributed by atoms with Crippen molar-refractivity contribution in [1.29, 1.82) is 0 Å². The first-order valence-corrected chi connectivity index (χ1v) is 7.13. The molecule has 2 aromatic rings. The second-order valence-electron chi connectivity index (χ2n) is 4.20. The van der Waals surface area contributed by atoms with E-state index < -0.39 is 0 Å². The van der Waals surface area contributed by atoms with E-state index in [2.05, 4.69) is 10.3 Å². The Morgan fingerprint density at radius 2 is 2.21 bits per heavy atom. The number of aryl methyl sites for hydroxylation is 1. The predicted octanol–water partition coefficient (Wildman–Crippen LogP) is 2.85. The smallest absolute Gasteiger partial charge is 0.161 e. The van der Waals surface area contributed by atoms with Crippen molar-refractivity contribution in [2.45, 2.75) is 26.9 Å². The number of benzene rings is 1. The molecule has 2 rings (SSSR count). The van der Waals surface area contributed by atoms with Gasteiger partial charge in [0.25, 0.3) is 0 Å². The van der Waals surface area contributed by atoms with Gasteiger partial charge in [0.2, 0.25) is 0 Å². The molecule has 2 N–H and O–H groups in total. The first-order chi connectivity index (χ1) is 9.20. The lowest BCUT2D eigenvalue weighted by Crippen LogP contribution is -2.12. The van der Waals surface area contributed by atoms with Gasteiger partial charge >= 0.3 is 0 Å². The number of hydrogen-bond acceptors (Lipinski definition) is 5. The van der Waals surface area contributed by atoms with Gasteiger partial charge in [-0.25, -0.2) is 4.98 Å². The number of thiazole rings is 1. The van der Waals surface area contributed by atoms with Crippen LogP contribution in [0.2, 0.25) is 0 Å². The monoisotopic (exact) mass is 278 g/mol. The molecule has 102 valence electrons. The minimum atomic E-state index is 0.184. The molecule has 0 saturated heterocycles. The molecule has 4 nitrogen and oxygen atoms in total. The average molecular weight is 278 g/mol.